The molecule has 0 saturated carbocycles. The predicted octanol–water partition coefficient (Wildman–Crippen LogP) is 2.37. The molecule has 0 spiro atoms. The molecule has 24 heavy (non-hydrogen) atoms. The minimum absolute atomic E-state index is 0.0674. The van der Waals surface area contributed by atoms with Crippen LogP contribution < -0.4 is 5.32 Å². The fourth-order valence-corrected chi connectivity index (χ4v) is 3.11. The molecule has 1 aliphatic rings. The van der Waals surface area contributed by atoms with Gasteiger partial charge in [0.1, 0.15) is 0 Å². The van der Waals surface area contributed by atoms with Gasteiger partial charge in [-0.05, 0) is 38.3 Å². The lowest BCUT2D eigenvalue weighted by Gasteiger charge is -2.23. The molecular weight excluding hydrogens is 306 g/mol. The molecule has 122 valence electrons. The lowest BCUT2D eigenvalue weighted by molar-refractivity contribution is 0.0895. The molecule has 1 N–H and O–H groups in total. The molecule has 0 fully saturated rings. The van der Waals surface area contributed by atoms with E-state index in [0.29, 0.717) is 5.69 Å². The zero-order valence-electron chi connectivity index (χ0n) is 13.3. The van der Waals surface area contributed by atoms with E-state index in [1.54, 1.807) is 25.4 Å². The van der Waals surface area contributed by atoms with Gasteiger partial charge in [-0.15, -0.1) is 0 Å². The number of fused-ring (bicyclic) bond motifs is 1. The van der Waals surface area contributed by atoms with Gasteiger partial charge in [0.05, 0.1) is 23.6 Å². The van der Waals surface area contributed by atoms with E-state index in [0.717, 1.165) is 36.2 Å². The highest BCUT2D eigenvalue weighted by atomic mass is 16.5. The number of nitrogens with zero attached hydrogens (tertiary/aromatic N) is 4. The second kappa shape index (κ2) is 5.92. The number of aromatic nitrogens is 4. The van der Waals surface area contributed by atoms with Gasteiger partial charge >= 0.3 is 0 Å². The van der Waals surface area contributed by atoms with Crippen molar-refractivity contribution in [2.45, 2.75) is 32.2 Å². The third-order valence-electron chi connectivity index (χ3n) is 4.25. The van der Waals surface area contributed by atoms with E-state index in [1.807, 2.05) is 23.0 Å². The van der Waals surface area contributed by atoms with Gasteiger partial charge in [0, 0.05) is 29.7 Å². The first-order valence-corrected chi connectivity index (χ1v) is 7.94. The molecule has 0 bridgehead atoms. The first kappa shape index (κ1) is 14.6. The first-order valence-electron chi connectivity index (χ1n) is 7.94. The van der Waals surface area contributed by atoms with Crippen LogP contribution in [0.15, 0.2) is 41.3 Å². The molecule has 1 atom stereocenters. The number of rotatable bonds is 3. The van der Waals surface area contributed by atoms with Crippen LogP contribution in [0.1, 0.15) is 46.4 Å². The maximum Gasteiger partial charge on any atom is 0.290 e. The van der Waals surface area contributed by atoms with Crippen LogP contribution in [0.2, 0.25) is 0 Å². The van der Waals surface area contributed by atoms with Gasteiger partial charge in [0.15, 0.2) is 0 Å². The summed E-state index contributed by atoms with van der Waals surface area (Å²) < 4.78 is 6.96. The summed E-state index contributed by atoms with van der Waals surface area (Å²) in [5.74, 6) is -0.00809. The van der Waals surface area contributed by atoms with E-state index in [1.165, 1.54) is 0 Å². The largest absolute Gasteiger partial charge is 0.351 e. The number of carbonyl (C=O) groups is 1. The normalized spacial score (nSPS) is 16.6. The molecule has 3 aromatic rings. The van der Waals surface area contributed by atoms with E-state index < -0.39 is 0 Å². The maximum absolute atomic E-state index is 12.3. The molecule has 3 aromatic heterocycles. The number of nitrogens with one attached hydrogen (secondary N) is 1. The van der Waals surface area contributed by atoms with Crippen LogP contribution in [0.5, 0.6) is 0 Å². The van der Waals surface area contributed by atoms with Crippen molar-refractivity contribution in [1.82, 2.24) is 25.2 Å². The van der Waals surface area contributed by atoms with Crippen LogP contribution in [0.4, 0.5) is 0 Å². The Labute approximate surface area is 138 Å². The number of pyridine rings is 1. The van der Waals surface area contributed by atoms with Crippen LogP contribution in [-0.4, -0.2) is 25.8 Å². The Morgan fingerprint density at radius 2 is 2.21 bits per heavy atom. The van der Waals surface area contributed by atoms with E-state index in [9.17, 15) is 4.79 Å². The molecule has 0 aliphatic heterocycles. The van der Waals surface area contributed by atoms with Gasteiger partial charge in [-0.1, -0.05) is 5.16 Å². The monoisotopic (exact) mass is 323 g/mol. The maximum atomic E-state index is 12.3. The second-order valence-electron chi connectivity index (χ2n) is 5.91. The second-order valence-corrected chi connectivity index (χ2v) is 5.91. The zero-order chi connectivity index (χ0) is 16.5. The number of amides is 1. The number of hydrogen-bond donors (Lipinski definition) is 1. The SMILES string of the molecule is Cc1cc(C(=O)N[C@H]2CCCc3c2cnn3-c2ccncc2)on1. The lowest BCUT2D eigenvalue weighted by Crippen LogP contribution is -2.30. The van der Waals surface area contributed by atoms with Gasteiger partial charge in [-0.3, -0.25) is 9.78 Å². The van der Waals surface area contributed by atoms with Crippen molar-refractivity contribution in [2.75, 3.05) is 0 Å². The van der Waals surface area contributed by atoms with Gasteiger partial charge in [-0.2, -0.15) is 5.10 Å². The van der Waals surface area contributed by atoms with Crippen molar-refractivity contribution in [2.24, 2.45) is 0 Å². The molecule has 4 rings (SSSR count). The van der Waals surface area contributed by atoms with Crippen LogP contribution >= 0.6 is 0 Å². The molecule has 7 heteroatoms. The van der Waals surface area contributed by atoms with E-state index in [4.69, 9.17) is 4.52 Å². The summed E-state index contributed by atoms with van der Waals surface area (Å²) in [6.45, 7) is 1.79. The summed E-state index contributed by atoms with van der Waals surface area (Å²) in [4.78, 5) is 16.4. The molecule has 1 amide bonds. The minimum atomic E-state index is -0.245. The topological polar surface area (TPSA) is 85.8 Å². The molecule has 1 aliphatic carbocycles. The highest BCUT2D eigenvalue weighted by Gasteiger charge is 2.27. The van der Waals surface area contributed by atoms with E-state index in [2.05, 4.69) is 20.6 Å². The first-order chi connectivity index (χ1) is 11.7. The van der Waals surface area contributed by atoms with Gasteiger partial charge in [-0.25, -0.2) is 4.68 Å². The van der Waals surface area contributed by atoms with Crippen molar-refractivity contribution >= 4 is 5.91 Å². The fourth-order valence-electron chi connectivity index (χ4n) is 3.11. The number of carbonyl (C=O) groups excluding carboxylic acids is 1. The Bertz CT molecular complexity index is 868. The summed E-state index contributed by atoms with van der Waals surface area (Å²) >= 11 is 0. The molecule has 0 unspecified atom stereocenters. The van der Waals surface area contributed by atoms with Crippen molar-refractivity contribution in [3.8, 4) is 5.69 Å². The van der Waals surface area contributed by atoms with Gasteiger partial charge < -0.3 is 9.84 Å². The highest BCUT2D eigenvalue weighted by Crippen LogP contribution is 2.31. The summed E-state index contributed by atoms with van der Waals surface area (Å²) in [6, 6.07) is 5.42. The van der Waals surface area contributed by atoms with Crippen LogP contribution in [0.25, 0.3) is 5.69 Å². The fraction of sp³-hybridized carbons (Fsp3) is 0.294. The van der Waals surface area contributed by atoms with Crippen LogP contribution in [-0.2, 0) is 6.42 Å². The standard InChI is InChI=1S/C17H17N5O2/c1-11-9-16(24-21-11)17(23)20-14-3-2-4-15-13(14)10-19-22(15)12-5-7-18-8-6-12/h5-10,14H,2-4H2,1H3,(H,20,23)/t14-/m0/s1. The van der Waals surface area contributed by atoms with Gasteiger partial charge in [0.2, 0.25) is 5.76 Å². The van der Waals surface area contributed by atoms with Crippen molar-refractivity contribution < 1.29 is 9.32 Å². The zero-order valence-corrected chi connectivity index (χ0v) is 13.3. The molecule has 0 aromatic carbocycles. The Morgan fingerprint density at radius 1 is 1.38 bits per heavy atom. The van der Waals surface area contributed by atoms with Crippen LogP contribution in [0, 0.1) is 6.92 Å². The van der Waals surface area contributed by atoms with E-state index in [-0.39, 0.29) is 17.7 Å². The highest BCUT2D eigenvalue weighted by molar-refractivity contribution is 5.91. The Kier molecular flexibility index (Phi) is 3.60. The minimum Gasteiger partial charge on any atom is -0.351 e. The quantitative estimate of drug-likeness (QED) is 0.800. The Hall–Kier alpha value is -2.96. The number of aryl methyl sites for hydroxylation is 1. The molecular formula is C17H17N5O2. The average molecular weight is 323 g/mol. The lowest BCUT2D eigenvalue weighted by atomic mass is 9.93. The predicted molar refractivity (Wildman–Crippen MR) is 85.7 cm³/mol. The van der Waals surface area contributed by atoms with Crippen molar-refractivity contribution in [1.29, 1.82) is 0 Å². The van der Waals surface area contributed by atoms with E-state index >= 15 is 0 Å². The molecule has 0 radical (unpaired) electrons. The summed E-state index contributed by atoms with van der Waals surface area (Å²) in [7, 11) is 0. The third kappa shape index (κ3) is 2.58. The van der Waals surface area contributed by atoms with Crippen molar-refractivity contribution in [3.63, 3.8) is 0 Å². The van der Waals surface area contributed by atoms with Crippen molar-refractivity contribution in [3.05, 3.63) is 59.5 Å². The Morgan fingerprint density at radius 3 is 2.96 bits per heavy atom. The summed E-state index contributed by atoms with van der Waals surface area (Å²) in [5, 5.41) is 11.3. The van der Waals surface area contributed by atoms with Gasteiger partial charge in [0.25, 0.3) is 5.91 Å². The number of hydrogen-bond acceptors (Lipinski definition) is 5. The Balaban J connectivity index is 1.61. The third-order valence-corrected chi connectivity index (χ3v) is 4.25. The molecule has 3 heterocycles. The average Bonchev–Trinajstić information content (AvgIpc) is 3.22. The van der Waals surface area contributed by atoms with Crippen LogP contribution in [0.3, 0.4) is 0 Å². The smallest absolute Gasteiger partial charge is 0.290 e. The summed E-state index contributed by atoms with van der Waals surface area (Å²) in [5.41, 5.74) is 3.85. The summed E-state index contributed by atoms with van der Waals surface area (Å²) in [6.07, 6.45) is 8.14. The molecule has 7 nitrogen and oxygen atoms in total. The molecule has 0 saturated heterocycles.